The quantitative estimate of drug-likeness (QED) is 0.885. The van der Waals surface area contributed by atoms with Crippen LogP contribution in [0.2, 0.25) is 0 Å². The first-order valence-electron chi connectivity index (χ1n) is 5.08. The van der Waals surface area contributed by atoms with Gasteiger partial charge in [0.25, 0.3) is 5.91 Å². The van der Waals surface area contributed by atoms with Crippen LogP contribution >= 0.6 is 12.4 Å². The van der Waals surface area contributed by atoms with E-state index in [9.17, 15) is 18.0 Å². The third-order valence-corrected chi connectivity index (χ3v) is 2.25. The van der Waals surface area contributed by atoms with E-state index in [-0.39, 0.29) is 24.9 Å². The molecule has 0 aromatic heterocycles. The highest BCUT2D eigenvalue weighted by atomic mass is 35.5. The minimum Gasteiger partial charge on any atom is -0.352 e. The molecule has 0 fully saturated rings. The van der Waals surface area contributed by atoms with Gasteiger partial charge in [-0.1, -0.05) is 6.92 Å². The Balaban J connectivity index is 0.00000289. The Labute approximate surface area is 109 Å². The molecule has 7 heteroatoms. The summed E-state index contributed by atoms with van der Waals surface area (Å²) in [6.07, 6.45) is 0. The van der Waals surface area contributed by atoms with Crippen molar-refractivity contribution in [3.05, 3.63) is 35.1 Å². The molecule has 0 aliphatic carbocycles. The molecule has 0 aliphatic rings. The molecule has 0 saturated heterocycles. The average Bonchev–Trinajstić information content (AvgIpc) is 2.24. The second-order valence-corrected chi connectivity index (χ2v) is 3.80. The van der Waals surface area contributed by atoms with E-state index in [2.05, 4.69) is 5.32 Å². The zero-order valence-electron chi connectivity index (χ0n) is 9.67. The van der Waals surface area contributed by atoms with Crippen LogP contribution in [0.5, 0.6) is 0 Å². The Morgan fingerprint density at radius 3 is 2.28 bits per heavy atom. The molecule has 1 aromatic rings. The third kappa shape index (κ3) is 4.19. The first kappa shape index (κ1) is 16.7. The summed E-state index contributed by atoms with van der Waals surface area (Å²) >= 11 is 0. The van der Waals surface area contributed by atoms with Crippen LogP contribution in [0.4, 0.5) is 13.2 Å². The average molecular weight is 283 g/mol. The Morgan fingerprint density at radius 1 is 1.33 bits per heavy atom. The highest BCUT2D eigenvalue weighted by molar-refractivity contribution is 5.94. The molecule has 3 nitrogen and oxygen atoms in total. The Morgan fingerprint density at radius 2 is 1.83 bits per heavy atom. The summed E-state index contributed by atoms with van der Waals surface area (Å²) in [4.78, 5) is 11.5. The third-order valence-electron chi connectivity index (χ3n) is 2.25. The molecule has 0 saturated carbocycles. The molecule has 3 N–H and O–H groups in total. The van der Waals surface area contributed by atoms with Gasteiger partial charge < -0.3 is 11.1 Å². The van der Waals surface area contributed by atoms with Crippen LogP contribution in [0, 0.1) is 23.4 Å². The largest absolute Gasteiger partial charge is 0.352 e. The van der Waals surface area contributed by atoms with Gasteiger partial charge in [0, 0.05) is 18.7 Å². The maximum Gasteiger partial charge on any atom is 0.257 e. The highest BCUT2D eigenvalue weighted by Crippen LogP contribution is 2.14. The molecule has 1 atom stereocenters. The van der Waals surface area contributed by atoms with Crippen molar-refractivity contribution in [1.82, 2.24) is 5.32 Å². The number of carbonyl (C=O) groups excluding carboxylic acids is 1. The van der Waals surface area contributed by atoms with Crippen LogP contribution in [0.25, 0.3) is 0 Å². The van der Waals surface area contributed by atoms with Crippen LogP contribution in [0.1, 0.15) is 17.3 Å². The molecule has 0 aliphatic heterocycles. The lowest BCUT2D eigenvalue weighted by atomic mass is 10.1. The monoisotopic (exact) mass is 282 g/mol. The molecule has 0 spiro atoms. The summed E-state index contributed by atoms with van der Waals surface area (Å²) in [5.41, 5.74) is 4.55. The lowest BCUT2D eigenvalue weighted by Gasteiger charge is -2.11. The number of amides is 1. The topological polar surface area (TPSA) is 55.1 Å². The first-order chi connectivity index (χ1) is 7.95. The number of nitrogens with two attached hydrogens (primary N) is 1. The number of rotatable bonds is 4. The molecule has 0 heterocycles. The van der Waals surface area contributed by atoms with Gasteiger partial charge in [-0.25, -0.2) is 13.2 Å². The van der Waals surface area contributed by atoms with E-state index in [4.69, 9.17) is 5.73 Å². The van der Waals surface area contributed by atoms with E-state index in [1.807, 2.05) is 0 Å². The number of hydrogen-bond donors (Lipinski definition) is 2. The van der Waals surface area contributed by atoms with Gasteiger partial charge in [-0.3, -0.25) is 4.79 Å². The van der Waals surface area contributed by atoms with Crippen LogP contribution in [-0.2, 0) is 0 Å². The summed E-state index contributed by atoms with van der Waals surface area (Å²) in [5, 5.41) is 2.33. The first-order valence-corrected chi connectivity index (χ1v) is 5.08. The van der Waals surface area contributed by atoms with E-state index in [0.29, 0.717) is 18.7 Å². The van der Waals surface area contributed by atoms with Crippen LogP contribution in [0.3, 0.4) is 0 Å². The van der Waals surface area contributed by atoms with Crippen molar-refractivity contribution >= 4 is 18.3 Å². The van der Waals surface area contributed by atoms with E-state index in [1.165, 1.54) is 0 Å². The summed E-state index contributed by atoms with van der Waals surface area (Å²) in [6.45, 7) is 2.32. The Bertz CT molecular complexity index is 406. The minimum absolute atomic E-state index is 0. The van der Waals surface area contributed by atoms with Crippen LogP contribution < -0.4 is 11.1 Å². The maximum atomic E-state index is 13.2. The number of hydrogen-bond acceptors (Lipinski definition) is 2. The molecule has 1 amide bonds. The van der Waals surface area contributed by atoms with Crippen molar-refractivity contribution in [2.45, 2.75) is 6.92 Å². The number of nitrogens with one attached hydrogen (secondary N) is 1. The molecular weight excluding hydrogens is 269 g/mol. The lowest BCUT2D eigenvalue weighted by Crippen LogP contribution is -2.32. The minimum atomic E-state index is -1.22. The predicted molar refractivity (Wildman–Crippen MR) is 64.1 cm³/mol. The normalized spacial score (nSPS) is 11.6. The van der Waals surface area contributed by atoms with Crippen molar-refractivity contribution in [3.63, 3.8) is 0 Å². The predicted octanol–water partition coefficient (Wildman–Crippen LogP) is 1.85. The summed E-state index contributed by atoms with van der Waals surface area (Å²) in [6, 6.07) is 0.925. The fourth-order valence-electron chi connectivity index (χ4n) is 1.20. The van der Waals surface area contributed by atoms with Crippen LogP contribution in [0.15, 0.2) is 12.1 Å². The lowest BCUT2D eigenvalue weighted by molar-refractivity contribution is 0.0940. The number of carbonyl (C=O) groups is 1. The molecule has 1 rings (SSSR count). The summed E-state index contributed by atoms with van der Waals surface area (Å²) < 4.78 is 39.0. The molecule has 102 valence electrons. The van der Waals surface area contributed by atoms with Gasteiger partial charge in [0.05, 0.1) is 0 Å². The molecule has 18 heavy (non-hydrogen) atoms. The highest BCUT2D eigenvalue weighted by Gasteiger charge is 2.18. The second kappa shape index (κ2) is 7.23. The summed E-state index contributed by atoms with van der Waals surface area (Å²) in [7, 11) is 0. The Kier molecular flexibility index (Phi) is 6.72. The fourth-order valence-corrected chi connectivity index (χ4v) is 1.20. The van der Waals surface area contributed by atoms with Gasteiger partial charge in [-0.2, -0.15) is 0 Å². The van der Waals surface area contributed by atoms with Gasteiger partial charge in [0.1, 0.15) is 23.0 Å². The standard InChI is InChI=1S/C11H13F3N2O.ClH/c1-6(4-15)5-16-11(17)10-8(13)2-7(12)3-9(10)14;/h2-3,6H,4-5,15H2,1H3,(H,16,17);1H. The van der Waals surface area contributed by atoms with E-state index in [1.54, 1.807) is 6.92 Å². The van der Waals surface area contributed by atoms with Crippen molar-refractivity contribution < 1.29 is 18.0 Å². The van der Waals surface area contributed by atoms with Crippen molar-refractivity contribution in [2.24, 2.45) is 11.7 Å². The maximum absolute atomic E-state index is 13.2. The number of benzene rings is 1. The van der Waals surface area contributed by atoms with Gasteiger partial charge in [-0.05, 0) is 12.5 Å². The zero-order chi connectivity index (χ0) is 13.0. The second-order valence-electron chi connectivity index (χ2n) is 3.80. The van der Waals surface area contributed by atoms with E-state index >= 15 is 0 Å². The van der Waals surface area contributed by atoms with Crippen molar-refractivity contribution in [3.8, 4) is 0 Å². The van der Waals surface area contributed by atoms with E-state index < -0.39 is 28.9 Å². The van der Waals surface area contributed by atoms with Gasteiger partial charge >= 0.3 is 0 Å². The molecule has 1 aromatic carbocycles. The fraction of sp³-hybridized carbons (Fsp3) is 0.364. The summed E-state index contributed by atoms with van der Waals surface area (Å²) in [5.74, 6) is -4.43. The van der Waals surface area contributed by atoms with Gasteiger partial charge in [0.15, 0.2) is 0 Å². The molecule has 0 bridgehead atoms. The van der Waals surface area contributed by atoms with Gasteiger partial charge in [0.2, 0.25) is 0 Å². The zero-order valence-corrected chi connectivity index (χ0v) is 10.5. The molecule has 0 radical (unpaired) electrons. The Hall–Kier alpha value is -1.27. The smallest absolute Gasteiger partial charge is 0.257 e. The molecular formula is C11H14ClF3N2O. The molecule has 1 unspecified atom stereocenters. The van der Waals surface area contributed by atoms with Crippen molar-refractivity contribution in [2.75, 3.05) is 13.1 Å². The van der Waals surface area contributed by atoms with Gasteiger partial charge in [-0.15, -0.1) is 12.4 Å². The van der Waals surface area contributed by atoms with Crippen LogP contribution in [-0.4, -0.2) is 19.0 Å². The number of halogens is 4. The van der Waals surface area contributed by atoms with E-state index in [0.717, 1.165) is 0 Å². The van der Waals surface area contributed by atoms with Crippen molar-refractivity contribution in [1.29, 1.82) is 0 Å². The SMILES string of the molecule is CC(CN)CNC(=O)c1c(F)cc(F)cc1F.Cl.